The minimum atomic E-state index is -0.615. The van der Waals surface area contributed by atoms with Crippen molar-refractivity contribution in [3.05, 3.63) is 28.5 Å². The number of halogens is 2. The van der Waals surface area contributed by atoms with E-state index < -0.39 is 11.5 Å². The highest BCUT2D eigenvalue weighted by Crippen LogP contribution is 2.51. The summed E-state index contributed by atoms with van der Waals surface area (Å²) >= 11 is 11.5. The zero-order valence-electron chi connectivity index (χ0n) is 11.8. The standard InChI is InChI=1S/C15H16ClFN2OS/c1-7-12-10-5-8(16)6-11(17)13(10)20-15(7,2)19(9-3-4-9)14(21)18-12/h5-7,9,12H,3-4H2,1-2H3,(H,18,21). The molecule has 2 bridgehead atoms. The van der Waals surface area contributed by atoms with E-state index in [0.29, 0.717) is 21.9 Å². The van der Waals surface area contributed by atoms with Crippen molar-refractivity contribution in [3.8, 4) is 5.75 Å². The van der Waals surface area contributed by atoms with E-state index in [9.17, 15) is 4.39 Å². The second kappa shape index (κ2) is 4.23. The van der Waals surface area contributed by atoms with Crippen LogP contribution in [-0.2, 0) is 0 Å². The van der Waals surface area contributed by atoms with E-state index >= 15 is 0 Å². The molecule has 21 heavy (non-hydrogen) atoms. The van der Waals surface area contributed by atoms with Crippen molar-refractivity contribution >= 4 is 28.9 Å². The van der Waals surface area contributed by atoms with E-state index in [0.717, 1.165) is 18.4 Å². The summed E-state index contributed by atoms with van der Waals surface area (Å²) in [7, 11) is 0. The molecule has 3 unspecified atom stereocenters. The summed E-state index contributed by atoms with van der Waals surface area (Å²) in [6.07, 6.45) is 2.21. The van der Waals surface area contributed by atoms with Crippen molar-refractivity contribution in [1.29, 1.82) is 0 Å². The zero-order chi connectivity index (χ0) is 14.9. The van der Waals surface area contributed by atoms with E-state index in [4.69, 9.17) is 28.6 Å². The van der Waals surface area contributed by atoms with E-state index in [1.165, 1.54) is 6.07 Å². The number of hydrogen-bond donors (Lipinski definition) is 1. The van der Waals surface area contributed by atoms with Crippen LogP contribution in [0.15, 0.2) is 12.1 Å². The Morgan fingerprint density at radius 2 is 2.19 bits per heavy atom. The summed E-state index contributed by atoms with van der Waals surface area (Å²) in [6.45, 7) is 4.11. The smallest absolute Gasteiger partial charge is 0.187 e. The van der Waals surface area contributed by atoms with Gasteiger partial charge >= 0.3 is 0 Å². The lowest BCUT2D eigenvalue weighted by molar-refractivity contribution is -0.116. The van der Waals surface area contributed by atoms with Crippen LogP contribution in [-0.4, -0.2) is 21.8 Å². The van der Waals surface area contributed by atoms with Crippen LogP contribution >= 0.6 is 23.8 Å². The molecular weight excluding hydrogens is 311 g/mol. The maximum atomic E-state index is 14.3. The largest absolute Gasteiger partial charge is 0.464 e. The molecule has 0 aromatic heterocycles. The van der Waals surface area contributed by atoms with E-state index in [2.05, 4.69) is 17.1 Å². The first-order valence-electron chi connectivity index (χ1n) is 7.19. The van der Waals surface area contributed by atoms with Crippen molar-refractivity contribution < 1.29 is 9.13 Å². The number of thiocarbonyl (C=S) groups is 1. The summed E-state index contributed by atoms with van der Waals surface area (Å²) < 4.78 is 20.4. The molecule has 3 atom stereocenters. The molecule has 6 heteroatoms. The lowest BCUT2D eigenvalue weighted by atomic mass is 9.80. The highest BCUT2D eigenvalue weighted by atomic mass is 35.5. The first-order valence-corrected chi connectivity index (χ1v) is 7.98. The lowest BCUT2D eigenvalue weighted by Crippen LogP contribution is -2.69. The van der Waals surface area contributed by atoms with Gasteiger partial charge in [-0.05, 0) is 44.1 Å². The topological polar surface area (TPSA) is 24.5 Å². The Morgan fingerprint density at radius 1 is 1.48 bits per heavy atom. The molecule has 0 spiro atoms. The first kappa shape index (κ1) is 13.6. The Balaban J connectivity index is 1.88. The molecule has 112 valence electrons. The molecule has 3 aliphatic rings. The highest BCUT2D eigenvalue weighted by Gasteiger charge is 2.57. The van der Waals surface area contributed by atoms with Crippen LogP contribution < -0.4 is 10.1 Å². The van der Waals surface area contributed by atoms with Crippen LogP contribution in [0.5, 0.6) is 5.75 Å². The van der Waals surface area contributed by atoms with Crippen LogP contribution in [0.1, 0.15) is 38.3 Å². The minimum Gasteiger partial charge on any atom is -0.464 e. The predicted octanol–water partition coefficient (Wildman–Crippen LogP) is 3.62. The Morgan fingerprint density at radius 3 is 2.86 bits per heavy atom. The number of rotatable bonds is 1. The van der Waals surface area contributed by atoms with Gasteiger partial charge in [0.25, 0.3) is 0 Å². The van der Waals surface area contributed by atoms with E-state index in [-0.39, 0.29) is 12.0 Å². The van der Waals surface area contributed by atoms with Crippen LogP contribution in [0.4, 0.5) is 4.39 Å². The summed E-state index contributed by atoms with van der Waals surface area (Å²) in [5.74, 6) is 0.0202. The molecule has 2 aliphatic heterocycles. The normalized spacial score (nSPS) is 34.1. The summed E-state index contributed by atoms with van der Waals surface area (Å²) in [5.41, 5.74) is 0.137. The van der Waals surface area contributed by atoms with Crippen LogP contribution in [0, 0.1) is 11.7 Å². The van der Waals surface area contributed by atoms with Crippen molar-refractivity contribution in [2.75, 3.05) is 0 Å². The molecule has 0 amide bonds. The third-order valence-corrected chi connectivity index (χ3v) is 5.45. The van der Waals surface area contributed by atoms with Crippen molar-refractivity contribution in [1.82, 2.24) is 10.2 Å². The average Bonchev–Trinajstić information content (AvgIpc) is 3.20. The van der Waals surface area contributed by atoms with Gasteiger partial charge in [0.05, 0.1) is 6.04 Å². The molecule has 3 nitrogen and oxygen atoms in total. The van der Waals surface area contributed by atoms with Crippen LogP contribution in [0.2, 0.25) is 5.02 Å². The third kappa shape index (κ3) is 1.80. The second-order valence-electron chi connectivity index (χ2n) is 6.28. The van der Waals surface area contributed by atoms with Gasteiger partial charge in [0.15, 0.2) is 22.4 Å². The van der Waals surface area contributed by atoms with Crippen molar-refractivity contribution in [2.45, 2.75) is 44.5 Å². The number of nitrogens with one attached hydrogen (secondary N) is 1. The summed E-state index contributed by atoms with van der Waals surface area (Å²) in [6, 6.07) is 3.39. The second-order valence-corrected chi connectivity index (χ2v) is 7.10. The highest BCUT2D eigenvalue weighted by molar-refractivity contribution is 7.80. The number of hydrogen-bond acceptors (Lipinski definition) is 2. The first-order chi connectivity index (χ1) is 9.91. The van der Waals surface area contributed by atoms with Gasteiger partial charge in [0, 0.05) is 22.5 Å². The van der Waals surface area contributed by atoms with Gasteiger partial charge in [-0.25, -0.2) is 4.39 Å². The van der Waals surface area contributed by atoms with Gasteiger partial charge < -0.3 is 15.0 Å². The molecule has 1 aromatic rings. The average molecular weight is 327 g/mol. The monoisotopic (exact) mass is 326 g/mol. The van der Waals surface area contributed by atoms with Gasteiger partial charge in [0.1, 0.15) is 0 Å². The lowest BCUT2D eigenvalue weighted by Gasteiger charge is -2.56. The maximum absolute atomic E-state index is 14.3. The van der Waals surface area contributed by atoms with Gasteiger partial charge in [0.2, 0.25) is 0 Å². The molecule has 1 saturated heterocycles. The zero-order valence-corrected chi connectivity index (χ0v) is 13.4. The third-order valence-electron chi connectivity index (χ3n) is 4.91. The van der Waals surface area contributed by atoms with E-state index in [1.807, 2.05) is 6.92 Å². The molecule has 2 heterocycles. The van der Waals surface area contributed by atoms with Crippen molar-refractivity contribution in [3.63, 3.8) is 0 Å². The quantitative estimate of drug-likeness (QED) is 0.797. The fourth-order valence-corrected chi connectivity index (χ4v) is 4.20. The van der Waals surface area contributed by atoms with Crippen LogP contribution in [0.25, 0.3) is 0 Å². The maximum Gasteiger partial charge on any atom is 0.187 e. The number of benzene rings is 1. The molecular formula is C15H16ClFN2OS. The Kier molecular flexibility index (Phi) is 2.74. The molecule has 1 aliphatic carbocycles. The number of fused-ring (bicyclic) bond motifs is 4. The Bertz CT molecular complexity index is 651. The summed E-state index contributed by atoms with van der Waals surface area (Å²) in [5, 5.41) is 4.42. The molecule has 0 radical (unpaired) electrons. The van der Waals surface area contributed by atoms with Gasteiger partial charge in [-0.15, -0.1) is 0 Å². The van der Waals surface area contributed by atoms with Gasteiger partial charge in [-0.3, -0.25) is 0 Å². The Hall–Kier alpha value is -1.07. The number of ether oxygens (including phenoxy) is 1. The predicted molar refractivity (Wildman–Crippen MR) is 82.9 cm³/mol. The van der Waals surface area contributed by atoms with Gasteiger partial charge in [-0.1, -0.05) is 18.5 Å². The molecule has 1 saturated carbocycles. The SMILES string of the molecule is CC1C2NC(=S)N(C3CC3)C1(C)Oc1c(F)cc(Cl)cc12. The van der Waals surface area contributed by atoms with E-state index in [1.54, 1.807) is 6.07 Å². The molecule has 4 rings (SSSR count). The fourth-order valence-electron chi connectivity index (χ4n) is 3.53. The summed E-state index contributed by atoms with van der Waals surface area (Å²) in [4.78, 5) is 2.11. The molecule has 1 aromatic carbocycles. The van der Waals surface area contributed by atoms with Crippen molar-refractivity contribution in [2.24, 2.45) is 5.92 Å². The minimum absolute atomic E-state index is 0.0746. The van der Waals surface area contributed by atoms with Crippen LogP contribution in [0.3, 0.4) is 0 Å². The Labute approximate surface area is 133 Å². The number of nitrogens with zero attached hydrogens (tertiary/aromatic N) is 1. The fraction of sp³-hybridized carbons (Fsp3) is 0.533. The molecule has 2 fully saturated rings. The molecule has 1 N–H and O–H groups in total. The van der Waals surface area contributed by atoms with Gasteiger partial charge in [-0.2, -0.15) is 0 Å².